The molecule has 1 aliphatic rings. The second-order valence-electron chi connectivity index (χ2n) is 15.7. The topological polar surface area (TPSA) is 106 Å². The van der Waals surface area contributed by atoms with Crippen molar-refractivity contribution in [2.24, 2.45) is 0 Å². The van der Waals surface area contributed by atoms with E-state index in [9.17, 15) is 35.5 Å². The number of carbonyl (C=O) groups is 1. The lowest BCUT2D eigenvalue weighted by Gasteiger charge is -2.34. The normalized spacial score (nSPS) is 13.2. The molecule has 1 amide bonds. The molecule has 1 saturated heterocycles. The first-order valence-electron chi connectivity index (χ1n) is 21.4. The van der Waals surface area contributed by atoms with Gasteiger partial charge in [-0.3, -0.25) is 9.20 Å². The number of alkyl halides is 6. The first-order chi connectivity index (χ1) is 32.6. The van der Waals surface area contributed by atoms with Crippen molar-refractivity contribution in [3.05, 3.63) is 179 Å². The summed E-state index contributed by atoms with van der Waals surface area (Å²) in [6, 6.07) is 33.4. The van der Waals surface area contributed by atoms with Gasteiger partial charge in [-0.05, 0) is 133 Å². The molecule has 4 heterocycles. The Balaban J connectivity index is 0.000000192. The molecule has 0 bridgehead atoms. The molecule has 0 saturated carbocycles. The van der Waals surface area contributed by atoms with Crippen molar-refractivity contribution in [2.75, 3.05) is 23.3 Å². The summed E-state index contributed by atoms with van der Waals surface area (Å²) in [7, 11) is 0. The molecule has 1 aliphatic heterocycles. The molecule has 350 valence electrons. The van der Waals surface area contributed by atoms with Crippen LogP contribution in [-0.4, -0.2) is 44.7 Å². The number of nitrogens with zero attached hydrogens (tertiary/aromatic N) is 5. The molecule has 3 aromatic heterocycles. The van der Waals surface area contributed by atoms with Crippen LogP contribution >= 0.6 is 11.6 Å². The molecule has 0 atom stereocenters. The number of pyridine rings is 1. The van der Waals surface area contributed by atoms with Crippen LogP contribution < -0.4 is 25.0 Å². The highest BCUT2D eigenvalue weighted by Crippen LogP contribution is 2.34. The van der Waals surface area contributed by atoms with Gasteiger partial charge in [0.15, 0.2) is 0 Å². The number of aromatic nitrogens is 4. The number of nitrogens with one attached hydrogen (secondary N) is 2. The number of fused-ring (bicyclic) bond motifs is 2. The summed E-state index contributed by atoms with van der Waals surface area (Å²) < 4.78 is 99.7. The van der Waals surface area contributed by atoms with Crippen molar-refractivity contribution in [1.29, 1.82) is 0 Å². The predicted molar refractivity (Wildman–Crippen MR) is 245 cm³/mol. The van der Waals surface area contributed by atoms with E-state index >= 15 is 0 Å². The average Bonchev–Trinajstić information content (AvgIpc) is 3.69. The number of piperidine rings is 1. The van der Waals surface area contributed by atoms with E-state index in [1.807, 2.05) is 19.1 Å². The molecule has 18 heteroatoms. The Morgan fingerprint density at radius 1 is 0.794 bits per heavy atom. The number of halogens is 8. The molecule has 1 fully saturated rings. The van der Waals surface area contributed by atoms with Gasteiger partial charge in [0.1, 0.15) is 46.6 Å². The Bertz CT molecular complexity index is 3000. The lowest BCUT2D eigenvalue weighted by molar-refractivity contribution is -0.274. The number of benzene rings is 5. The van der Waals surface area contributed by atoms with Crippen LogP contribution in [0.3, 0.4) is 0 Å². The second-order valence-corrected chi connectivity index (χ2v) is 16.2. The first kappa shape index (κ1) is 47.1. The molecule has 0 radical (unpaired) electrons. The van der Waals surface area contributed by atoms with E-state index in [-0.39, 0.29) is 23.4 Å². The average molecular weight is 956 g/mol. The Kier molecular flexibility index (Phi) is 14.0. The fourth-order valence-electron chi connectivity index (χ4n) is 7.78. The Hall–Kier alpha value is -7.40. The standard InChI is InChI=1S/C29H28ClF3N4O2.C21H13F4N3O/c1-2-25-27(37-18-22(30)7-12-26(37)35-25)28(38)34-17-19-3-8-23(9-4-19)36-15-13-21(14-16-36)20-5-10-24(11-6-20)39-29(31,32)33;22-14-3-10-18-19(11-14)26-12-27-20(18)28-15-4-8-17(9-5-15)29-16-6-1-13(2-7-16)21(23,24)25/h3-12,18,21H,2,13-17H2,1H3,(H,34,38);1-12H,(H,26,27,28). The van der Waals surface area contributed by atoms with Gasteiger partial charge >= 0.3 is 12.5 Å². The van der Waals surface area contributed by atoms with E-state index in [4.69, 9.17) is 16.3 Å². The molecule has 68 heavy (non-hydrogen) atoms. The fraction of sp³-hybridized carbons (Fsp3) is 0.200. The summed E-state index contributed by atoms with van der Waals surface area (Å²) in [5, 5.41) is 7.32. The lowest BCUT2D eigenvalue weighted by Crippen LogP contribution is -2.32. The molecule has 8 aromatic rings. The molecule has 2 N–H and O–H groups in total. The minimum Gasteiger partial charge on any atom is -0.457 e. The minimum absolute atomic E-state index is 0.200. The van der Waals surface area contributed by atoms with Crippen molar-refractivity contribution >= 4 is 51.3 Å². The van der Waals surface area contributed by atoms with Gasteiger partial charge in [-0.2, -0.15) is 13.2 Å². The molecule has 0 unspecified atom stereocenters. The highest BCUT2D eigenvalue weighted by Gasteiger charge is 2.32. The summed E-state index contributed by atoms with van der Waals surface area (Å²) in [6.07, 6.45) is -3.59. The van der Waals surface area contributed by atoms with Crippen LogP contribution in [0.5, 0.6) is 17.2 Å². The molecule has 0 spiro atoms. The Labute approximate surface area is 390 Å². The van der Waals surface area contributed by atoms with Crippen molar-refractivity contribution in [1.82, 2.24) is 24.7 Å². The number of carbonyl (C=O) groups excluding carboxylic acids is 1. The quantitative estimate of drug-likeness (QED) is 0.124. The first-order valence-corrected chi connectivity index (χ1v) is 21.7. The monoisotopic (exact) mass is 955 g/mol. The van der Waals surface area contributed by atoms with Crippen LogP contribution in [0.25, 0.3) is 16.6 Å². The zero-order valence-corrected chi connectivity index (χ0v) is 36.8. The molecular formula is C50H41ClF7N7O3. The predicted octanol–water partition coefficient (Wildman–Crippen LogP) is 13.1. The third-order valence-electron chi connectivity index (χ3n) is 11.2. The number of rotatable bonds is 11. The minimum atomic E-state index is -4.68. The van der Waals surface area contributed by atoms with E-state index in [0.29, 0.717) is 63.2 Å². The summed E-state index contributed by atoms with van der Waals surface area (Å²) in [5.41, 5.74) is 5.45. The van der Waals surface area contributed by atoms with Gasteiger partial charge in [0.2, 0.25) is 0 Å². The smallest absolute Gasteiger partial charge is 0.457 e. The summed E-state index contributed by atoms with van der Waals surface area (Å²) in [6.45, 7) is 4.04. The molecule has 9 rings (SSSR count). The van der Waals surface area contributed by atoms with Gasteiger partial charge in [-0.1, -0.05) is 42.8 Å². The molecule has 5 aromatic carbocycles. The van der Waals surface area contributed by atoms with Gasteiger partial charge in [0.25, 0.3) is 5.91 Å². The van der Waals surface area contributed by atoms with E-state index in [2.05, 4.69) is 47.4 Å². The number of amides is 1. The van der Waals surface area contributed by atoms with Crippen LogP contribution in [0, 0.1) is 5.82 Å². The van der Waals surface area contributed by atoms with Crippen LogP contribution in [-0.2, 0) is 19.1 Å². The van der Waals surface area contributed by atoms with E-state index in [0.717, 1.165) is 60.6 Å². The van der Waals surface area contributed by atoms with Crippen molar-refractivity contribution in [3.63, 3.8) is 0 Å². The zero-order chi connectivity index (χ0) is 48.0. The maximum absolute atomic E-state index is 13.3. The van der Waals surface area contributed by atoms with Crippen LogP contribution in [0.4, 0.5) is 47.9 Å². The van der Waals surface area contributed by atoms with Crippen LogP contribution in [0.15, 0.2) is 140 Å². The number of imidazole rings is 1. The van der Waals surface area contributed by atoms with Crippen LogP contribution in [0.2, 0.25) is 5.02 Å². The van der Waals surface area contributed by atoms with Gasteiger partial charge in [-0.15, -0.1) is 13.2 Å². The Morgan fingerprint density at radius 2 is 1.46 bits per heavy atom. The largest absolute Gasteiger partial charge is 0.573 e. The SMILES string of the molecule is CCc1nc2ccc(Cl)cn2c1C(=O)NCc1ccc(N2CCC(c3ccc(OC(F)(F)F)cc3)CC2)cc1.Fc1ccc2c(Nc3ccc(Oc4ccc(C(F)(F)F)cc4)cc3)ncnc2c1. The number of hydrogen-bond acceptors (Lipinski definition) is 8. The van der Waals surface area contributed by atoms with Gasteiger partial charge in [0, 0.05) is 48.7 Å². The molecular weight excluding hydrogens is 915 g/mol. The second kappa shape index (κ2) is 20.2. The maximum Gasteiger partial charge on any atom is 0.573 e. The van der Waals surface area contributed by atoms with Crippen molar-refractivity contribution < 1.29 is 45.0 Å². The third kappa shape index (κ3) is 11.8. The van der Waals surface area contributed by atoms with E-state index < -0.39 is 18.1 Å². The number of aryl methyl sites for hydroxylation is 1. The summed E-state index contributed by atoms with van der Waals surface area (Å²) in [4.78, 5) is 28.1. The fourth-order valence-corrected chi connectivity index (χ4v) is 7.94. The number of anilines is 3. The summed E-state index contributed by atoms with van der Waals surface area (Å²) >= 11 is 6.14. The Morgan fingerprint density at radius 3 is 2.10 bits per heavy atom. The van der Waals surface area contributed by atoms with Gasteiger partial charge in [0.05, 0.1) is 21.8 Å². The molecule has 0 aliphatic carbocycles. The zero-order valence-electron chi connectivity index (χ0n) is 36.1. The highest BCUT2D eigenvalue weighted by molar-refractivity contribution is 6.30. The lowest BCUT2D eigenvalue weighted by atomic mass is 9.89. The highest BCUT2D eigenvalue weighted by atomic mass is 35.5. The van der Waals surface area contributed by atoms with Crippen molar-refractivity contribution in [3.8, 4) is 17.2 Å². The summed E-state index contributed by atoms with van der Waals surface area (Å²) in [5.74, 6) is 0.781. The van der Waals surface area contributed by atoms with Gasteiger partial charge in [-0.25, -0.2) is 19.3 Å². The molecule has 10 nitrogen and oxygen atoms in total. The number of ether oxygens (including phenoxy) is 2. The van der Waals surface area contributed by atoms with E-state index in [1.165, 1.54) is 42.7 Å². The number of hydrogen-bond donors (Lipinski definition) is 2. The van der Waals surface area contributed by atoms with E-state index in [1.54, 1.807) is 65.2 Å². The maximum atomic E-state index is 13.3. The van der Waals surface area contributed by atoms with Gasteiger partial charge < -0.3 is 25.0 Å². The van der Waals surface area contributed by atoms with Crippen molar-refractivity contribution in [2.45, 2.75) is 51.2 Å². The third-order valence-corrected chi connectivity index (χ3v) is 11.4. The van der Waals surface area contributed by atoms with Crippen LogP contribution in [0.1, 0.15) is 58.6 Å².